The van der Waals surface area contributed by atoms with Crippen molar-refractivity contribution in [2.45, 2.75) is 45.1 Å². The highest BCUT2D eigenvalue weighted by molar-refractivity contribution is 5.83. The number of carbonyl (C=O) groups excluding carboxylic acids is 1. The van der Waals surface area contributed by atoms with Gasteiger partial charge in [-0.2, -0.15) is 5.10 Å². The van der Waals surface area contributed by atoms with Gasteiger partial charge in [0.1, 0.15) is 5.56 Å². The third-order valence-corrected chi connectivity index (χ3v) is 5.04. The highest BCUT2D eigenvalue weighted by atomic mass is 16.5. The van der Waals surface area contributed by atoms with E-state index in [1.807, 2.05) is 6.20 Å². The highest BCUT2D eigenvalue weighted by Crippen LogP contribution is 2.38. The van der Waals surface area contributed by atoms with Gasteiger partial charge in [0.15, 0.2) is 17.8 Å². The Labute approximate surface area is 148 Å². The molecule has 0 aromatic carbocycles. The fourth-order valence-corrected chi connectivity index (χ4v) is 3.74. The number of hydrogen-bond acceptors (Lipinski definition) is 5. The second-order valence-corrected chi connectivity index (χ2v) is 6.41. The van der Waals surface area contributed by atoms with Crippen LogP contribution in [0.5, 0.6) is 11.5 Å². The van der Waals surface area contributed by atoms with E-state index in [0.717, 1.165) is 25.7 Å². The molecule has 1 aliphatic carbocycles. The van der Waals surface area contributed by atoms with Gasteiger partial charge in [0.2, 0.25) is 0 Å². The van der Waals surface area contributed by atoms with Crippen LogP contribution in [0, 0.1) is 5.92 Å². The molecule has 2 aromatic heterocycles. The molecular weight excluding hydrogens is 318 g/mol. The molecule has 134 valence electrons. The molecule has 1 aliphatic rings. The van der Waals surface area contributed by atoms with E-state index in [-0.39, 0.29) is 0 Å². The van der Waals surface area contributed by atoms with E-state index >= 15 is 0 Å². The van der Waals surface area contributed by atoms with Crippen LogP contribution in [0.4, 0.5) is 0 Å². The third kappa shape index (κ3) is 3.67. The summed E-state index contributed by atoms with van der Waals surface area (Å²) >= 11 is 0. The molecule has 1 saturated carbocycles. The minimum Gasteiger partial charge on any atom is -0.494 e. The molecule has 2 unspecified atom stereocenters. The zero-order valence-corrected chi connectivity index (χ0v) is 14.9. The van der Waals surface area contributed by atoms with Crippen molar-refractivity contribution >= 4 is 6.29 Å². The fourth-order valence-electron chi connectivity index (χ4n) is 3.74. The zero-order valence-electron chi connectivity index (χ0n) is 14.9. The largest absolute Gasteiger partial charge is 0.494 e. The number of aldehydes is 1. The molecule has 0 saturated heterocycles. The van der Waals surface area contributed by atoms with Crippen LogP contribution in [0.3, 0.4) is 0 Å². The van der Waals surface area contributed by atoms with Gasteiger partial charge >= 0.3 is 0 Å². The Bertz CT molecular complexity index is 714. The molecule has 0 radical (unpaired) electrons. The van der Waals surface area contributed by atoms with Crippen LogP contribution in [-0.4, -0.2) is 34.8 Å². The normalized spacial score (nSPS) is 20.2. The molecule has 0 spiro atoms. The minimum absolute atomic E-state index is 0.404. The number of hydrogen-bond donors (Lipinski definition) is 0. The monoisotopic (exact) mass is 343 g/mol. The van der Waals surface area contributed by atoms with Crippen molar-refractivity contribution in [3.05, 3.63) is 35.9 Å². The lowest BCUT2D eigenvalue weighted by Crippen LogP contribution is -2.26. The molecule has 0 bridgehead atoms. The number of ether oxygens (including phenoxy) is 2. The first-order valence-corrected chi connectivity index (χ1v) is 8.90. The Morgan fingerprint density at radius 2 is 2.08 bits per heavy atom. The van der Waals surface area contributed by atoms with Gasteiger partial charge in [0.25, 0.3) is 0 Å². The molecule has 0 amide bonds. The number of methoxy groups -OCH3 is 1. The molecule has 25 heavy (non-hydrogen) atoms. The zero-order chi connectivity index (χ0) is 17.6. The van der Waals surface area contributed by atoms with E-state index in [0.29, 0.717) is 35.5 Å². The van der Waals surface area contributed by atoms with Crippen LogP contribution in [0.15, 0.2) is 24.7 Å². The first-order chi connectivity index (χ1) is 12.3. The smallest absolute Gasteiger partial charge is 0.157 e. The maximum absolute atomic E-state index is 11.4. The van der Waals surface area contributed by atoms with Crippen LogP contribution < -0.4 is 9.47 Å². The van der Waals surface area contributed by atoms with Gasteiger partial charge < -0.3 is 9.47 Å². The molecular formula is C19H25N3O3. The Kier molecular flexibility index (Phi) is 5.68. The fraction of sp³-hybridized carbons (Fsp3) is 0.526. The topological polar surface area (TPSA) is 66.2 Å². The van der Waals surface area contributed by atoms with Gasteiger partial charge in [-0.3, -0.25) is 14.5 Å². The lowest BCUT2D eigenvalue weighted by atomic mass is 9.78. The standard InChI is InChI=1S/C19H25N3O3/c1-3-22-17(8-9-21-22)15-7-5-4-6-14(15)13-25-19-11-20-10-18(24-2)16(19)12-23/h8-12,14-15H,3-7,13H2,1-2H3. The predicted molar refractivity (Wildman–Crippen MR) is 94.3 cm³/mol. The molecule has 1 fully saturated rings. The highest BCUT2D eigenvalue weighted by Gasteiger charge is 2.29. The summed E-state index contributed by atoms with van der Waals surface area (Å²) in [6, 6.07) is 2.12. The van der Waals surface area contributed by atoms with Crippen molar-refractivity contribution in [1.29, 1.82) is 0 Å². The first-order valence-electron chi connectivity index (χ1n) is 8.90. The summed E-state index contributed by atoms with van der Waals surface area (Å²) in [5.74, 6) is 1.77. The summed E-state index contributed by atoms with van der Waals surface area (Å²) in [5.41, 5.74) is 1.71. The van der Waals surface area contributed by atoms with Gasteiger partial charge in [-0.15, -0.1) is 0 Å². The molecule has 2 atom stereocenters. The second-order valence-electron chi connectivity index (χ2n) is 6.41. The Hall–Kier alpha value is -2.37. The summed E-state index contributed by atoms with van der Waals surface area (Å²) in [4.78, 5) is 15.5. The summed E-state index contributed by atoms with van der Waals surface area (Å²) in [6.45, 7) is 3.56. The van der Waals surface area contributed by atoms with Crippen LogP contribution in [-0.2, 0) is 6.54 Å². The summed E-state index contributed by atoms with van der Waals surface area (Å²) in [7, 11) is 1.52. The average molecular weight is 343 g/mol. The number of carbonyl (C=O) groups is 1. The van der Waals surface area contributed by atoms with Gasteiger partial charge in [0.05, 0.1) is 26.1 Å². The van der Waals surface area contributed by atoms with Crippen molar-refractivity contribution < 1.29 is 14.3 Å². The van der Waals surface area contributed by atoms with Crippen molar-refractivity contribution in [2.24, 2.45) is 5.92 Å². The van der Waals surface area contributed by atoms with E-state index < -0.39 is 0 Å². The van der Waals surface area contributed by atoms with Crippen molar-refractivity contribution in [3.8, 4) is 11.5 Å². The van der Waals surface area contributed by atoms with E-state index in [1.54, 1.807) is 6.20 Å². The predicted octanol–water partition coefficient (Wildman–Crippen LogP) is 3.47. The van der Waals surface area contributed by atoms with Gasteiger partial charge in [-0.25, -0.2) is 0 Å². The average Bonchev–Trinajstić information content (AvgIpc) is 3.14. The van der Waals surface area contributed by atoms with Crippen LogP contribution >= 0.6 is 0 Å². The third-order valence-electron chi connectivity index (χ3n) is 5.04. The number of rotatable bonds is 7. The number of pyridine rings is 1. The second kappa shape index (κ2) is 8.14. The molecule has 6 nitrogen and oxygen atoms in total. The van der Waals surface area contributed by atoms with Crippen molar-refractivity contribution in [3.63, 3.8) is 0 Å². The molecule has 3 rings (SSSR count). The maximum Gasteiger partial charge on any atom is 0.157 e. The Morgan fingerprint density at radius 3 is 2.84 bits per heavy atom. The first kappa shape index (κ1) is 17.5. The van der Waals surface area contributed by atoms with Crippen molar-refractivity contribution in [1.82, 2.24) is 14.8 Å². The molecule has 0 aliphatic heterocycles. The molecule has 2 heterocycles. The number of aryl methyl sites for hydroxylation is 1. The van der Waals surface area contributed by atoms with E-state index in [2.05, 4.69) is 27.8 Å². The van der Waals surface area contributed by atoms with Gasteiger partial charge in [-0.05, 0) is 25.8 Å². The Balaban J connectivity index is 1.76. The van der Waals surface area contributed by atoms with Gasteiger partial charge in [-0.1, -0.05) is 12.8 Å². The summed E-state index contributed by atoms with van der Waals surface area (Å²) in [5, 5.41) is 4.42. The molecule has 0 N–H and O–H groups in total. The van der Waals surface area contributed by atoms with E-state index in [1.165, 1.54) is 31.8 Å². The molecule has 2 aromatic rings. The minimum atomic E-state index is 0.404. The van der Waals surface area contributed by atoms with E-state index in [9.17, 15) is 4.79 Å². The number of aromatic nitrogens is 3. The van der Waals surface area contributed by atoms with Crippen LogP contribution in [0.2, 0.25) is 0 Å². The molecule has 6 heteroatoms. The van der Waals surface area contributed by atoms with Crippen molar-refractivity contribution in [2.75, 3.05) is 13.7 Å². The lowest BCUT2D eigenvalue weighted by molar-refractivity contribution is 0.111. The quantitative estimate of drug-likeness (QED) is 0.720. The summed E-state index contributed by atoms with van der Waals surface area (Å²) < 4.78 is 13.3. The lowest BCUT2D eigenvalue weighted by Gasteiger charge is -2.32. The Morgan fingerprint density at radius 1 is 1.28 bits per heavy atom. The number of nitrogens with zero attached hydrogens (tertiary/aromatic N) is 3. The SMILES string of the molecule is CCn1nccc1C1CCCCC1COc1cncc(OC)c1C=O. The van der Waals surface area contributed by atoms with Crippen LogP contribution in [0.1, 0.15) is 54.6 Å². The van der Waals surface area contributed by atoms with E-state index in [4.69, 9.17) is 9.47 Å². The van der Waals surface area contributed by atoms with Crippen LogP contribution in [0.25, 0.3) is 0 Å². The summed E-state index contributed by atoms with van der Waals surface area (Å²) in [6.07, 6.45) is 10.5. The maximum atomic E-state index is 11.4. The van der Waals surface area contributed by atoms with Gasteiger partial charge in [0, 0.05) is 30.3 Å².